The number of hydrogen-bond donors (Lipinski definition) is 1. The monoisotopic (exact) mass is 373 g/mol. The number of aliphatic hydroxyl groups is 1. The van der Waals surface area contributed by atoms with Gasteiger partial charge in [-0.3, -0.25) is 4.98 Å². The number of ether oxygens (including phenoxy) is 1. The molecule has 0 unspecified atom stereocenters. The van der Waals surface area contributed by atoms with Crippen LogP contribution >= 0.6 is 0 Å². The van der Waals surface area contributed by atoms with E-state index in [-0.39, 0.29) is 19.1 Å². The van der Waals surface area contributed by atoms with E-state index in [1.54, 1.807) is 6.20 Å². The molecule has 0 fully saturated rings. The van der Waals surface area contributed by atoms with Crippen molar-refractivity contribution in [2.24, 2.45) is 0 Å². The second-order valence-electron chi connectivity index (χ2n) is 6.76. The maximum absolute atomic E-state index is 9.79. The average Bonchev–Trinajstić information content (AvgIpc) is 2.74. The van der Waals surface area contributed by atoms with Crippen LogP contribution in [0.15, 0.2) is 54.7 Å². The van der Waals surface area contributed by atoms with Crippen molar-refractivity contribution < 1.29 is 9.84 Å². The van der Waals surface area contributed by atoms with E-state index in [1.165, 1.54) is 5.56 Å². The summed E-state index contributed by atoms with van der Waals surface area (Å²) in [7, 11) is 0. The molecule has 0 aliphatic rings. The molecule has 0 amide bonds. The van der Waals surface area contributed by atoms with Crippen molar-refractivity contribution in [2.75, 3.05) is 13.2 Å². The minimum Gasteiger partial charge on any atom is -0.477 e. The highest BCUT2D eigenvalue weighted by atomic mass is 16.5. The van der Waals surface area contributed by atoms with Gasteiger partial charge in [0.15, 0.2) is 0 Å². The van der Waals surface area contributed by atoms with Gasteiger partial charge in [-0.15, -0.1) is 0 Å². The normalized spacial score (nSPS) is 10.7. The molecule has 1 N–H and O–H groups in total. The Kier molecular flexibility index (Phi) is 6.36. The lowest BCUT2D eigenvalue weighted by Crippen LogP contribution is -2.05. The molecule has 0 saturated carbocycles. The van der Waals surface area contributed by atoms with Crippen LogP contribution < -0.4 is 4.74 Å². The lowest BCUT2D eigenvalue weighted by Gasteiger charge is -2.14. The van der Waals surface area contributed by atoms with Crippen molar-refractivity contribution in [3.63, 3.8) is 0 Å². The highest BCUT2D eigenvalue weighted by Gasteiger charge is 2.17. The predicted octanol–water partition coefficient (Wildman–Crippen LogP) is 4.57. The van der Waals surface area contributed by atoms with Gasteiger partial charge in [0.25, 0.3) is 0 Å². The van der Waals surface area contributed by atoms with Gasteiger partial charge < -0.3 is 9.84 Å². The third-order valence-electron chi connectivity index (χ3n) is 4.45. The third kappa shape index (κ3) is 4.36. The highest BCUT2D eigenvalue weighted by Crippen LogP contribution is 2.33. The summed E-state index contributed by atoms with van der Waals surface area (Å²) >= 11 is 0. The fourth-order valence-corrected chi connectivity index (χ4v) is 2.89. The number of rotatable bonds is 7. The molecule has 5 nitrogen and oxygen atoms in total. The Hall–Kier alpha value is -3.23. The van der Waals surface area contributed by atoms with Gasteiger partial charge >= 0.3 is 0 Å². The largest absolute Gasteiger partial charge is 0.477 e. The fraction of sp³-hybridized carbons (Fsp3) is 0.261. The Morgan fingerprint density at radius 3 is 2.50 bits per heavy atom. The van der Waals surface area contributed by atoms with Crippen molar-refractivity contribution in [3.8, 4) is 34.5 Å². The third-order valence-corrected chi connectivity index (χ3v) is 4.45. The molecule has 0 radical (unpaired) electrons. The zero-order chi connectivity index (χ0) is 19.9. The van der Waals surface area contributed by atoms with Gasteiger partial charge in [0, 0.05) is 24.8 Å². The molecule has 0 saturated heterocycles. The molecular weight excluding hydrogens is 350 g/mol. The molecule has 142 valence electrons. The number of pyridine rings is 2. The SMILES string of the molecule is CC(C)c1ccc(-c2cc(-c3ccccn3)nc(OCCCO)c2C#N)cc1. The summed E-state index contributed by atoms with van der Waals surface area (Å²) in [5.74, 6) is 0.699. The summed E-state index contributed by atoms with van der Waals surface area (Å²) in [5, 5.41) is 18.8. The van der Waals surface area contributed by atoms with Crippen molar-refractivity contribution in [1.82, 2.24) is 9.97 Å². The van der Waals surface area contributed by atoms with E-state index in [1.807, 2.05) is 36.4 Å². The number of nitrogens with zero attached hydrogens (tertiary/aromatic N) is 3. The lowest BCUT2D eigenvalue weighted by molar-refractivity contribution is 0.229. The van der Waals surface area contributed by atoms with Gasteiger partial charge in [-0.25, -0.2) is 4.98 Å². The molecule has 3 aromatic rings. The van der Waals surface area contributed by atoms with Crippen molar-refractivity contribution in [3.05, 3.63) is 65.9 Å². The zero-order valence-electron chi connectivity index (χ0n) is 16.1. The fourth-order valence-electron chi connectivity index (χ4n) is 2.89. The number of hydrogen-bond acceptors (Lipinski definition) is 5. The number of aromatic nitrogens is 2. The number of nitriles is 1. The van der Waals surface area contributed by atoms with E-state index >= 15 is 0 Å². The smallest absolute Gasteiger partial charge is 0.232 e. The first-order valence-corrected chi connectivity index (χ1v) is 9.34. The first kappa shape index (κ1) is 19.5. The van der Waals surface area contributed by atoms with Crippen molar-refractivity contribution in [2.45, 2.75) is 26.2 Å². The zero-order valence-corrected chi connectivity index (χ0v) is 16.1. The van der Waals surface area contributed by atoms with E-state index in [0.717, 1.165) is 11.1 Å². The summed E-state index contributed by atoms with van der Waals surface area (Å²) in [4.78, 5) is 8.90. The number of aliphatic hydroxyl groups excluding tert-OH is 1. The first-order valence-electron chi connectivity index (χ1n) is 9.34. The molecule has 0 spiro atoms. The Morgan fingerprint density at radius 2 is 1.89 bits per heavy atom. The maximum atomic E-state index is 9.79. The van der Waals surface area contributed by atoms with Gasteiger partial charge in [-0.1, -0.05) is 44.2 Å². The van der Waals surface area contributed by atoms with E-state index in [0.29, 0.717) is 29.3 Å². The van der Waals surface area contributed by atoms with E-state index in [2.05, 4.69) is 42.0 Å². The Morgan fingerprint density at radius 1 is 1.11 bits per heavy atom. The Balaban J connectivity index is 2.13. The standard InChI is InChI=1S/C23H23N3O2/c1-16(2)17-7-9-18(10-8-17)19-14-22(21-6-3-4-11-25-21)26-23(20(19)15-24)28-13-5-12-27/h3-4,6-11,14,16,27H,5,12-13H2,1-2H3. The molecule has 1 aromatic carbocycles. The molecule has 28 heavy (non-hydrogen) atoms. The molecule has 5 heteroatoms. The van der Waals surface area contributed by atoms with Crippen LogP contribution in [-0.4, -0.2) is 28.3 Å². The van der Waals surface area contributed by atoms with E-state index in [4.69, 9.17) is 9.84 Å². The van der Waals surface area contributed by atoms with Crippen LogP contribution in [0.2, 0.25) is 0 Å². The topological polar surface area (TPSA) is 79.0 Å². The predicted molar refractivity (Wildman–Crippen MR) is 109 cm³/mol. The van der Waals surface area contributed by atoms with Gasteiger partial charge in [-0.2, -0.15) is 5.26 Å². The van der Waals surface area contributed by atoms with Gasteiger partial charge in [0.2, 0.25) is 5.88 Å². The van der Waals surface area contributed by atoms with Gasteiger partial charge in [-0.05, 0) is 35.2 Å². The average molecular weight is 373 g/mol. The second kappa shape index (κ2) is 9.12. The number of benzene rings is 1. The van der Waals surface area contributed by atoms with Crippen LogP contribution in [-0.2, 0) is 0 Å². The molecule has 0 bridgehead atoms. The first-order chi connectivity index (χ1) is 13.6. The van der Waals surface area contributed by atoms with Crippen LogP contribution in [0.4, 0.5) is 0 Å². The second-order valence-corrected chi connectivity index (χ2v) is 6.76. The Labute approximate surface area is 165 Å². The summed E-state index contributed by atoms with van der Waals surface area (Å²) in [6.07, 6.45) is 2.18. The highest BCUT2D eigenvalue weighted by molar-refractivity contribution is 5.77. The molecule has 3 rings (SSSR count). The molecule has 0 aliphatic heterocycles. The molecule has 2 heterocycles. The van der Waals surface area contributed by atoms with Crippen molar-refractivity contribution in [1.29, 1.82) is 5.26 Å². The molecule has 0 aliphatic carbocycles. The minimum absolute atomic E-state index is 0.0192. The minimum atomic E-state index is 0.0192. The van der Waals surface area contributed by atoms with Crippen LogP contribution in [0.25, 0.3) is 22.5 Å². The summed E-state index contributed by atoms with van der Waals surface area (Å²) in [5.41, 5.74) is 4.65. The van der Waals surface area contributed by atoms with Crippen LogP contribution in [0.3, 0.4) is 0 Å². The van der Waals surface area contributed by atoms with Crippen LogP contribution in [0, 0.1) is 11.3 Å². The molecular formula is C23H23N3O2. The van der Waals surface area contributed by atoms with E-state index in [9.17, 15) is 5.26 Å². The van der Waals surface area contributed by atoms with Crippen LogP contribution in [0.5, 0.6) is 5.88 Å². The van der Waals surface area contributed by atoms with Gasteiger partial charge in [0.1, 0.15) is 11.6 Å². The summed E-state index contributed by atoms with van der Waals surface area (Å²) in [6.45, 7) is 4.60. The summed E-state index contributed by atoms with van der Waals surface area (Å²) in [6, 6.07) is 17.9. The van der Waals surface area contributed by atoms with Gasteiger partial charge in [0.05, 0.1) is 18.0 Å². The Bertz CT molecular complexity index is 962. The van der Waals surface area contributed by atoms with Crippen molar-refractivity contribution >= 4 is 0 Å². The van der Waals surface area contributed by atoms with E-state index < -0.39 is 0 Å². The molecule has 0 atom stereocenters. The molecule has 2 aromatic heterocycles. The van der Waals surface area contributed by atoms with Crippen LogP contribution in [0.1, 0.15) is 37.3 Å². The lowest BCUT2D eigenvalue weighted by atomic mass is 9.96. The summed E-state index contributed by atoms with van der Waals surface area (Å²) < 4.78 is 5.73. The quantitative estimate of drug-likeness (QED) is 0.614. The maximum Gasteiger partial charge on any atom is 0.232 e.